The van der Waals surface area contributed by atoms with Crippen LogP contribution in [0.25, 0.3) is 5.78 Å². The number of aliphatic carboxylic acids is 1. The van der Waals surface area contributed by atoms with Crippen LogP contribution in [0.1, 0.15) is 17.5 Å². The first kappa shape index (κ1) is 13.4. The Labute approximate surface area is 116 Å². The highest BCUT2D eigenvalue weighted by Gasteiger charge is 2.25. The van der Waals surface area contributed by atoms with E-state index in [-0.39, 0.29) is 11.6 Å². The summed E-state index contributed by atoms with van der Waals surface area (Å²) in [5, 5.41) is 12.8. The summed E-state index contributed by atoms with van der Waals surface area (Å²) in [6.45, 7) is 1.41. The largest absolute Gasteiger partial charge is 0.480 e. The average Bonchev–Trinajstić information content (AvgIpc) is 2.78. The van der Waals surface area contributed by atoms with Crippen LogP contribution in [0.4, 0.5) is 0 Å². The number of carbonyl (C=O) groups is 2. The van der Waals surface area contributed by atoms with Crippen LogP contribution in [-0.2, 0) is 4.79 Å². The van der Waals surface area contributed by atoms with Crippen LogP contribution >= 0.6 is 15.9 Å². The number of nitrogens with zero attached hydrogens (tertiary/aromatic N) is 5. The second kappa shape index (κ2) is 4.92. The summed E-state index contributed by atoms with van der Waals surface area (Å²) < 4.78 is 2.03. The van der Waals surface area contributed by atoms with E-state index in [2.05, 4.69) is 31.0 Å². The third-order valence-electron chi connectivity index (χ3n) is 2.61. The lowest BCUT2D eigenvalue weighted by molar-refractivity contribution is -0.141. The molecular weight excluding hydrogens is 318 g/mol. The number of hydrogen-bond donors (Lipinski definition) is 1. The van der Waals surface area contributed by atoms with E-state index in [1.54, 1.807) is 6.20 Å². The van der Waals surface area contributed by atoms with Gasteiger partial charge in [0.2, 0.25) is 5.82 Å². The fourth-order valence-corrected chi connectivity index (χ4v) is 1.65. The van der Waals surface area contributed by atoms with Crippen molar-refractivity contribution < 1.29 is 14.7 Å². The second-order valence-electron chi connectivity index (χ2n) is 3.88. The van der Waals surface area contributed by atoms with Crippen molar-refractivity contribution in [2.45, 2.75) is 13.0 Å². The number of fused-ring (bicyclic) bond motifs is 1. The van der Waals surface area contributed by atoms with E-state index in [4.69, 9.17) is 5.11 Å². The van der Waals surface area contributed by atoms with Gasteiger partial charge in [0.15, 0.2) is 0 Å². The third-order valence-corrected chi connectivity index (χ3v) is 3.02. The summed E-state index contributed by atoms with van der Waals surface area (Å²) in [4.78, 5) is 31.9. The molecule has 2 heterocycles. The molecule has 1 atom stereocenters. The van der Waals surface area contributed by atoms with Crippen LogP contribution in [-0.4, -0.2) is 54.6 Å². The molecule has 19 heavy (non-hydrogen) atoms. The van der Waals surface area contributed by atoms with Crippen LogP contribution in [0.5, 0.6) is 0 Å². The topological polar surface area (TPSA) is 101 Å². The number of amides is 1. The Morgan fingerprint density at radius 3 is 2.84 bits per heavy atom. The lowest BCUT2D eigenvalue weighted by atomic mass is 10.3. The van der Waals surface area contributed by atoms with Crippen molar-refractivity contribution in [2.75, 3.05) is 7.05 Å². The lowest BCUT2D eigenvalue weighted by Gasteiger charge is -2.19. The number of carboxylic acid groups (broad SMARTS) is 1. The fraction of sp³-hybridized carbons (Fsp3) is 0.300. The Hall–Kier alpha value is -2.03. The molecular formula is C10H10BrN5O3. The van der Waals surface area contributed by atoms with Crippen molar-refractivity contribution in [2.24, 2.45) is 0 Å². The molecule has 0 spiro atoms. The van der Waals surface area contributed by atoms with Crippen LogP contribution in [0, 0.1) is 0 Å². The molecule has 100 valence electrons. The standard InChI is InChI=1S/C10H10BrN5O3/c1-5(9(18)19)15(2)8(17)7-13-10-12-3-6(11)4-16(10)14-7/h3-5H,1-2H3,(H,18,19). The highest BCUT2D eigenvalue weighted by Crippen LogP contribution is 2.09. The van der Waals surface area contributed by atoms with Gasteiger partial charge in [0.25, 0.3) is 11.7 Å². The smallest absolute Gasteiger partial charge is 0.326 e. The minimum absolute atomic E-state index is 0.0961. The van der Waals surface area contributed by atoms with Crippen LogP contribution in [0.3, 0.4) is 0 Å². The maximum atomic E-state index is 12.0. The minimum Gasteiger partial charge on any atom is -0.480 e. The quantitative estimate of drug-likeness (QED) is 0.877. The fourth-order valence-electron chi connectivity index (χ4n) is 1.35. The lowest BCUT2D eigenvalue weighted by Crippen LogP contribution is -2.40. The molecule has 0 radical (unpaired) electrons. The van der Waals surface area contributed by atoms with Crippen molar-refractivity contribution in [3.05, 3.63) is 22.7 Å². The highest BCUT2D eigenvalue weighted by molar-refractivity contribution is 9.10. The first-order chi connectivity index (χ1) is 8.90. The van der Waals surface area contributed by atoms with E-state index in [0.717, 1.165) is 4.90 Å². The number of carbonyl (C=O) groups excluding carboxylic acids is 1. The van der Waals surface area contributed by atoms with Crippen molar-refractivity contribution in [1.29, 1.82) is 0 Å². The molecule has 9 heteroatoms. The van der Waals surface area contributed by atoms with Crippen LogP contribution in [0.2, 0.25) is 0 Å². The SMILES string of the molecule is CC(C(=O)O)N(C)C(=O)c1nc2ncc(Br)cn2n1. The molecule has 2 rings (SSSR count). The van der Waals surface area contributed by atoms with Gasteiger partial charge in [0.05, 0.1) is 4.47 Å². The third kappa shape index (κ3) is 2.55. The maximum Gasteiger partial charge on any atom is 0.326 e. The zero-order valence-electron chi connectivity index (χ0n) is 10.1. The highest BCUT2D eigenvalue weighted by atomic mass is 79.9. The Kier molecular flexibility index (Phi) is 3.47. The molecule has 0 aliphatic heterocycles. The number of aromatic nitrogens is 4. The van der Waals surface area contributed by atoms with Gasteiger partial charge in [-0.25, -0.2) is 14.3 Å². The van der Waals surface area contributed by atoms with Crippen molar-refractivity contribution in [3.8, 4) is 0 Å². The molecule has 0 aliphatic rings. The Morgan fingerprint density at radius 2 is 2.21 bits per heavy atom. The van der Waals surface area contributed by atoms with Gasteiger partial charge in [0.1, 0.15) is 6.04 Å². The summed E-state index contributed by atoms with van der Waals surface area (Å²) >= 11 is 3.23. The van der Waals surface area contributed by atoms with E-state index in [0.29, 0.717) is 4.47 Å². The van der Waals surface area contributed by atoms with Gasteiger partial charge in [-0.15, -0.1) is 5.10 Å². The summed E-state index contributed by atoms with van der Waals surface area (Å²) in [5.41, 5.74) is 0. The molecule has 2 aromatic heterocycles. The Morgan fingerprint density at radius 1 is 1.53 bits per heavy atom. The number of carboxylic acids is 1. The van der Waals surface area contributed by atoms with Gasteiger partial charge in [0, 0.05) is 19.4 Å². The summed E-state index contributed by atoms with van der Waals surface area (Å²) in [5.74, 6) is -1.50. The van der Waals surface area contributed by atoms with Crippen molar-refractivity contribution >= 4 is 33.6 Å². The van der Waals surface area contributed by atoms with Crippen LogP contribution in [0.15, 0.2) is 16.9 Å². The molecule has 0 fully saturated rings. The predicted octanol–water partition coefficient (Wildman–Crippen LogP) is 0.432. The predicted molar refractivity (Wildman–Crippen MR) is 67.7 cm³/mol. The molecule has 0 aromatic carbocycles. The molecule has 1 amide bonds. The number of rotatable bonds is 3. The van der Waals surface area contributed by atoms with Gasteiger partial charge in [-0.1, -0.05) is 0 Å². The molecule has 0 aliphatic carbocycles. The van der Waals surface area contributed by atoms with Gasteiger partial charge < -0.3 is 10.0 Å². The molecule has 8 nitrogen and oxygen atoms in total. The zero-order valence-corrected chi connectivity index (χ0v) is 11.7. The summed E-state index contributed by atoms with van der Waals surface area (Å²) in [6, 6.07) is -0.959. The monoisotopic (exact) mass is 327 g/mol. The van der Waals surface area contributed by atoms with E-state index in [1.807, 2.05) is 0 Å². The Balaban J connectivity index is 2.33. The van der Waals surface area contributed by atoms with Gasteiger partial charge in [-0.3, -0.25) is 4.79 Å². The first-order valence-corrected chi connectivity index (χ1v) is 6.07. The van der Waals surface area contributed by atoms with E-state index >= 15 is 0 Å². The zero-order chi connectivity index (χ0) is 14.2. The minimum atomic E-state index is -1.10. The molecule has 1 unspecified atom stereocenters. The average molecular weight is 328 g/mol. The number of likely N-dealkylation sites (N-methyl/N-ethyl adjacent to an activating group) is 1. The molecule has 0 bridgehead atoms. The molecule has 0 saturated heterocycles. The van der Waals surface area contributed by atoms with Crippen molar-refractivity contribution in [1.82, 2.24) is 24.5 Å². The first-order valence-electron chi connectivity index (χ1n) is 5.28. The van der Waals surface area contributed by atoms with Crippen molar-refractivity contribution in [3.63, 3.8) is 0 Å². The van der Waals surface area contributed by atoms with Crippen LogP contribution < -0.4 is 0 Å². The number of hydrogen-bond acceptors (Lipinski definition) is 5. The normalized spacial score (nSPS) is 12.4. The van der Waals surface area contributed by atoms with E-state index < -0.39 is 17.9 Å². The van der Waals surface area contributed by atoms with E-state index in [9.17, 15) is 9.59 Å². The van der Waals surface area contributed by atoms with Gasteiger partial charge in [-0.2, -0.15) is 4.98 Å². The summed E-state index contributed by atoms with van der Waals surface area (Å²) in [6.07, 6.45) is 3.13. The second-order valence-corrected chi connectivity index (χ2v) is 4.80. The molecule has 2 aromatic rings. The Bertz CT molecular complexity index is 656. The summed E-state index contributed by atoms with van der Waals surface area (Å²) in [7, 11) is 1.39. The van der Waals surface area contributed by atoms with E-state index in [1.165, 1.54) is 24.7 Å². The maximum absolute atomic E-state index is 12.0. The number of halogens is 1. The van der Waals surface area contributed by atoms with Gasteiger partial charge >= 0.3 is 5.97 Å². The molecule has 1 N–H and O–H groups in total. The molecule has 0 saturated carbocycles. The van der Waals surface area contributed by atoms with Gasteiger partial charge in [-0.05, 0) is 22.9 Å².